The Bertz CT molecular complexity index is 1070. The second-order valence-electron chi connectivity index (χ2n) is 5.92. The van der Waals surface area contributed by atoms with Gasteiger partial charge in [0.05, 0.1) is 21.8 Å². The van der Waals surface area contributed by atoms with E-state index in [0.29, 0.717) is 27.9 Å². The minimum Gasteiger partial charge on any atom is -0.454 e. The van der Waals surface area contributed by atoms with Gasteiger partial charge in [-0.15, -0.1) is 0 Å². The van der Waals surface area contributed by atoms with Crippen LogP contribution in [0.25, 0.3) is 0 Å². The lowest BCUT2D eigenvalue weighted by Crippen LogP contribution is -2.16. The Hall–Kier alpha value is -3.58. The second-order valence-corrected chi connectivity index (χ2v) is 6.33. The Kier molecular flexibility index (Phi) is 4.82. The molecule has 0 radical (unpaired) electrons. The lowest BCUT2D eigenvalue weighted by molar-refractivity contribution is 0.102. The van der Waals surface area contributed by atoms with Crippen molar-refractivity contribution in [1.29, 1.82) is 0 Å². The van der Waals surface area contributed by atoms with Gasteiger partial charge in [-0.05, 0) is 30.3 Å². The number of para-hydroxylation sites is 1. The number of benzene rings is 2. The van der Waals surface area contributed by atoms with Gasteiger partial charge in [-0.1, -0.05) is 23.7 Å². The molecule has 1 aliphatic rings. The molecule has 4 rings (SSSR count). The number of fused-ring (bicyclic) bond motifs is 1. The average Bonchev–Trinajstić information content (AvgIpc) is 3.17. The number of pyridine rings is 1. The second kappa shape index (κ2) is 7.58. The highest BCUT2D eigenvalue weighted by Crippen LogP contribution is 2.34. The van der Waals surface area contributed by atoms with Crippen molar-refractivity contribution >= 4 is 34.8 Å². The summed E-state index contributed by atoms with van der Waals surface area (Å²) < 4.78 is 10.5. The van der Waals surface area contributed by atoms with Crippen LogP contribution in [-0.2, 0) is 0 Å². The van der Waals surface area contributed by atoms with Crippen LogP contribution in [0, 0.1) is 0 Å². The highest BCUT2D eigenvalue weighted by atomic mass is 35.5. The first kappa shape index (κ1) is 17.8. The first-order valence-corrected chi connectivity index (χ1v) is 8.70. The van der Waals surface area contributed by atoms with E-state index in [1.165, 1.54) is 18.5 Å². The molecule has 28 heavy (non-hydrogen) atoms. The van der Waals surface area contributed by atoms with E-state index >= 15 is 0 Å². The highest BCUT2D eigenvalue weighted by molar-refractivity contribution is 6.33. The van der Waals surface area contributed by atoms with Crippen LogP contribution < -0.4 is 20.1 Å². The van der Waals surface area contributed by atoms with Crippen molar-refractivity contribution in [3.05, 3.63) is 77.1 Å². The van der Waals surface area contributed by atoms with Crippen LogP contribution in [0.5, 0.6) is 11.5 Å². The predicted octanol–water partition coefficient (Wildman–Crippen LogP) is 3.97. The normalized spacial score (nSPS) is 11.8. The van der Waals surface area contributed by atoms with E-state index in [4.69, 9.17) is 21.1 Å². The van der Waals surface area contributed by atoms with Crippen molar-refractivity contribution in [2.24, 2.45) is 0 Å². The molecule has 2 amide bonds. The van der Waals surface area contributed by atoms with E-state index < -0.39 is 11.8 Å². The Morgan fingerprint density at radius 2 is 1.61 bits per heavy atom. The van der Waals surface area contributed by atoms with Crippen LogP contribution in [0.1, 0.15) is 20.7 Å². The fourth-order valence-corrected chi connectivity index (χ4v) is 2.81. The molecule has 140 valence electrons. The molecule has 0 saturated heterocycles. The Balaban J connectivity index is 1.49. The van der Waals surface area contributed by atoms with Gasteiger partial charge in [-0.3, -0.25) is 14.6 Å². The number of halogens is 1. The Labute approximate surface area is 165 Å². The van der Waals surface area contributed by atoms with E-state index in [2.05, 4.69) is 15.6 Å². The zero-order valence-corrected chi connectivity index (χ0v) is 15.2. The van der Waals surface area contributed by atoms with E-state index in [0.717, 1.165) is 0 Å². The summed E-state index contributed by atoms with van der Waals surface area (Å²) in [5, 5.41) is 5.86. The Morgan fingerprint density at radius 1 is 0.893 bits per heavy atom. The van der Waals surface area contributed by atoms with Gasteiger partial charge in [0, 0.05) is 24.1 Å². The zero-order chi connectivity index (χ0) is 19.5. The summed E-state index contributed by atoms with van der Waals surface area (Å²) in [4.78, 5) is 29.0. The third kappa shape index (κ3) is 3.74. The van der Waals surface area contributed by atoms with Crippen LogP contribution in [-0.4, -0.2) is 23.6 Å². The summed E-state index contributed by atoms with van der Waals surface area (Å²) in [5.74, 6) is 0.360. The molecule has 2 heterocycles. The lowest BCUT2D eigenvalue weighted by Gasteiger charge is -2.09. The number of anilines is 2. The van der Waals surface area contributed by atoms with E-state index in [9.17, 15) is 9.59 Å². The maximum Gasteiger partial charge on any atom is 0.257 e. The van der Waals surface area contributed by atoms with Gasteiger partial charge >= 0.3 is 0 Å². The van der Waals surface area contributed by atoms with Crippen LogP contribution >= 0.6 is 11.6 Å². The van der Waals surface area contributed by atoms with Gasteiger partial charge in [-0.25, -0.2) is 0 Å². The van der Waals surface area contributed by atoms with Gasteiger partial charge in [0.25, 0.3) is 11.8 Å². The molecule has 7 nitrogen and oxygen atoms in total. The fourth-order valence-electron chi connectivity index (χ4n) is 2.62. The third-order valence-corrected chi connectivity index (χ3v) is 4.34. The maximum atomic E-state index is 12.5. The molecule has 1 aromatic heterocycles. The molecular weight excluding hydrogens is 382 g/mol. The van der Waals surface area contributed by atoms with E-state index in [1.54, 1.807) is 42.5 Å². The summed E-state index contributed by atoms with van der Waals surface area (Å²) in [6, 6.07) is 13.4. The fraction of sp³-hybridized carbons (Fsp3) is 0.0500. The van der Waals surface area contributed by atoms with Crippen molar-refractivity contribution in [2.75, 3.05) is 17.4 Å². The Morgan fingerprint density at radius 3 is 2.39 bits per heavy atom. The van der Waals surface area contributed by atoms with Crippen molar-refractivity contribution in [2.45, 2.75) is 0 Å². The summed E-state index contributed by atoms with van der Waals surface area (Å²) in [5.41, 5.74) is 1.49. The van der Waals surface area contributed by atoms with Crippen LogP contribution in [0.2, 0.25) is 5.02 Å². The number of hydrogen-bond donors (Lipinski definition) is 2. The molecule has 1 aliphatic heterocycles. The summed E-state index contributed by atoms with van der Waals surface area (Å²) in [6.45, 7) is 0.152. The number of amides is 2. The monoisotopic (exact) mass is 395 g/mol. The molecule has 0 atom stereocenters. The summed E-state index contributed by atoms with van der Waals surface area (Å²) >= 11 is 6.05. The van der Waals surface area contributed by atoms with E-state index in [1.807, 2.05) is 0 Å². The minimum atomic E-state index is -0.418. The smallest absolute Gasteiger partial charge is 0.257 e. The van der Waals surface area contributed by atoms with Crippen LogP contribution in [0.4, 0.5) is 11.4 Å². The number of rotatable bonds is 4. The topological polar surface area (TPSA) is 89.6 Å². The summed E-state index contributed by atoms with van der Waals surface area (Å²) in [6.07, 6.45) is 2.76. The largest absolute Gasteiger partial charge is 0.454 e. The molecule has 2 N–H and O–H groups in total. The third-order valence-electron chi connectivity index (χ3n) is 4.02. The maximum absolute atomic E-state index is 12.5. The van der Waals surface area contributed by atoms with Crippen molar-refractivity contribution in [1.82, 2.24) is 4.98 Å². The number of hydrogen-bond acceptors (Lipinski definition) is 5. The molecular formula is C20H14ClN3O4. The SMILES string of the molecule is O=C(Nc1ccc2c(c1)OCO2)c1cncc(C(=O)Nc2ccccc2Cl)c1. The zero-order valence-electron chi connectivity index (χ0n) is 14.4. The standard InChI is InChI=1S/C20H14ClN3O4/c21-15-3-1-2-4-16(15)24-20(26)13-7-12(9-22-10-13)19(25)23-14-5-6-17-18(8-14)28-11-27-17/h1-10H,11H2,(H,23,25)(H,24,26). The average molecular weight is 396 g/mol. The van der Waals surface area contributed by atoms with Crippen molar-refractivity contribution in [3.8, 4) is 11.5 Å². The molecule has 2 aromatic carbocycles. The molecule has 3 aromatic rings. The lowest BCUT2D eigenvalue weighted by atomic mass is 10.1. The van der Waals surface area contributed by atoms with Gasteiger partial charge in [0.2, 0.25) is 6.79 Å². The number of nitrogens with zero attached hydrogens (tertiary/aromatic N) is 1. The summed E-state index contributed by atoms with van der Waals surface area (Å²) in [7, 11) is 0. The molecule has 0 aliphatic carbocycles. The molecule has 0 saturated carbocycles. The predicted molar refractivity (Wildman–Crippen MR) is 104 cm³/mol. The van der Waals surface area contributed by atoms with Gasteiger partial charge < -0.3 is 20.1 Å². The van der Waals surface area contributed by atoms with Gasteiger partial charge in [0.15, 0.2) is 11.5 Å². The number of carbonyl (C=O) groups excluding carboxylic acids is 2. The quantitative estimate of drug-likeness (QED) is 0.697. The molecule has 0 fully saturated rings. The number of nitrogens with one attached hydrogen (secondary N) is 2. The number of ether oxygens (including phenoxy) is 2. The highest BCUT2D eigenvalue weighted by Gasteiger charge is 2.16. The first-order valence-electron chi connectivity index (χ1n) is 8.32. The number of carbonyl (C=O) groups is 2. The van der Waals surface area contributed by atoms with Crippen LogP contribution in [0.3, 0.4) is 0 Å². The van der Waals surface area contributed by atoms with Crippen molar-refractivity contribution in [3.63, 3.8) is 0 Å². The molecule has 0 spiro atoms. The minimum absolute atomic E-state index is 0.152. The molecule has 0 unspecified atom stereocenters. The van der Waals surface area contributed by atoms with Gasteiger partial charge in [0.1, 0.15) is 0 Å². The number of aromatic nitrogens is 1. The molecule has 8 heteroatoms. The van der Waals surface area contributed by atoms with Crippen molar-refractivity contribution < 1.29 is 19.1 Å². The first-order chi connectivity index (χ1) is 13.6. The van der Waals surface area contributed by atoms with Gasteiger partial charge in [-0.2, -0.15) is 0 Å². The van der Waals surface area contributed by atoms with E-state index in [-0.39, 0.29) is 17.9 Å². The molecule has 0 bridgehead atoms. The van der Waals surface area contributed by atoms with Crippen LogP contribution in [0.15, 0.2) is 60.9 Å².